The monoisotopic (exact) mass is 357 g/mol. The summed E-state index contributed by atoms with van der Waals surface area (Å²) in [7, 11) is 0. The van der Waals surface area contributed by atoms with Crippen molar-refractivity contribution in [1.29, 1.82) is 0 Å². The molecule has 2 fully saturated rings. The standard InChI is InChI=1S/C18H23N5OS/c1-11-2-5-15(25-11)10-22-7-12-6-16-20-21-17(18(24)19-14-3-4-14)23(16)9-13(12)8-22/h2,5,12-14H,3-4,6-10H2,1H3,(H,19,24). The summed E-state index contributed by atoms with van der Waals surface area (Å²) in [5.74, 6) is 2.67. The molecule has 3 aliphatic rings. The molecule has 132 valence electrons. The van der Waals surface area contributed by atoms with Gasteiger partial charge in [-0.1, -0.05) is 0 Å². The number of rotatable bonds is 4. The van der Waals surface area contributed by atoms with Crippen LogP contribution in [-0.2, 0) is 19.5 Å². The summed E-state index contributed by atoms with van der Waals surface area (Å²) in [5, 5.41) is 11.5. The Morgan fingerprint density at radius 2 is 2.08 bits per heavy atom. The third-order valence-electron chi connectivity index (χ3n) is 5.63. The molecule has 5 rings (SSSR count). The van der Waals surface area contributed by atoms with E-state index in [0.29, 0.717) is 23.7 Å². The number of thiophene rings is 1. The molecule has 1 amide bonds. The Hall–Kier alpha value is -1.73. The van der Waals surface area contributed by atoms with Gasteiger partial charge in [0.15, 0.2) is 0 Å². The summed E-state index contributed by atoms with van der Waals surface area (Å²) in [6.45, 7) is 6.31. The van der Waals surface area contributed by atoms with Gasteiger partial charge in [-0.25, -0.2) is 0 Å². The molecular weight excluding hydrogens is 334 g/mol. The second kappa shape index (κ2) is 5.92. The van der Waals surface area contributed by atoms with Gasteiger partial charge in [0.2, 0.25) is 5.82 Å². The average molecular weight is 357 g/mol. The van der Waals surface area contributed by atoms with Gasteiger partial charge in [-0.05, 0) is 43.7 Å². The van der Waals surface area contributed by atoms with Gasteiger partial charge in [0.05, 0.1) is 0 Å². The van der Waals surface area contributed by atoms with Gasteiger partial charge in [0.25, 0.3) is 5.91 Å². The fourth-order valence-corrected chi connectivity index (χ4v) is 5.12. The number of hydrogen-bond acceptors (Lipinski definition) is 5. The highest BCUT2D eigenvalue weighted by Gasteiger charge is 2.39. The number of nitrogens with zero attached hydrogens (tertiary/aromatic N) is 4. The van der Waals surface area contributed by atoms with Gasteiger partial charge < -0.3 is 9.88 Å². The van der Waals surface area contributed by atoms with E-state index in [2.05, 4.69) is 44.0 Å². The molecular formula is C18H23N5OS. The van der Waals surface area contributed by atoms with Crippen LogP contribution < -0.4 is 5.32 Å². The molecule has 2 aromatic heterocycles. The van der Waals surface area contributed by atoms with Crippen molar-refractivity contribution >= 4 is 17.2 Å². The van der Waals surface area contributed by atoms with Crippen LogP contribution in [-0.4, -0.2) is 44.7 Å². The van der Waals surface area contributed by atoms with Crippen LogP contribution in [0.2, 0.25) is 0 Å². The van der Waals surface area contributed by atoms with E-state index < -0.39 is 0 Å². The average Bonchev–Trinajstić information content (AvgIpc) is 2.98. The van der Waals surface area contributed by atoms with Crippen molar-refractivity contribution < 1.29 is 4.79 Å². The summed E-state index contributed by atoms with van der Waals surface area (Å²) in [5.41, 5.74) is 0. The van der Waals surface area contributed by atoms with Gasteiger partial charge in [-0.3, -0.25) is 9.69 Å². The molecule has 2 aromatic rings. The Morgan fingerprint density at radius 3 is 2.84 bits per heavy atom. The van der Waals surface area contributed by atoms with Crippen molar-refractivity contribution in [1.82, 2.24) is 25.0 Å². The highest BCUT2D eigenvalue weighted by molar-refractivity contribution is 7.11. The third kappa shape index (κ3) is 3.00. The molecule has 25 heavy (non-hydrogen) atoms. The zero-order valence-electron chi connectivity index (χ0n) is 14.4. The SMILES string of the molecule is Cc1ccc(CN2CC3Cc4nnc(C(=O)NC5CC5)n4CC3C2)s1. The first-order valence-corrected chi connectivity index (χ1v) is 9.98. The number of hydrogen-bond donors (Lipinski definition) is 1. The Kier molecular flexibility index (Phi) is 3.67. The van der Waals surface area contributed by atoms with E-state index in [1.165, 1.54) is 9.75 Å². The first kappa shape index (κ1) is 15.5. The van der Waals surface area contributed by atoms with Crippen LogP contribution >= 0.6 is 11.3 Å². The molecule has 1 aliphatic carbocycles. The molecule has 1 saturated carbocycles. The predicted octanol–water partition coefficient (Wildman–Crippen LogP) is 1.84. The van der Waals surface area contributed by atoms with Gasteiger partial charge >= 0.3 is 0 Å². The Bertz CT molecular complexity index is 808. The molecule has 2 unspecified atom stereocenters. The van der Waals surface area contributed by atoms with Gasteiger partial charge in [0, 0.05) is 48.4 Å². The van der Waals surface area contributed by atoms with E-state index >= 15 is 0 Å². The second-order valence-electron chi connectivity index (χ2n) is 7.73. The van der Waals surface area contributed by atoms with Crippen LogP contribution in [0.3, 0.4) is 0 Å². The zero-order chi connectivity index (χ0) is 17.0. The quantitative estimate of drug-likeness (QED) is 0.907. The van der Waals surface area contributed by atoms with Crippen molar-refractivity contribution in [2.75, 3.05) is 13.1 Å². The molecule has 4 heterocycles. The van der Waals surface area contributed by atoms with E-state index in [4.69, 9.17) is 0 Å². The Labute approximate surface area is 151 Å². The van der Waals surface area contributed by atoms with E-state index in [-0.39, 0.29) is 5.91 Å². The smallest absolute Gasteiger partial charge is 0.289 e. The first-order valence-electron chi connectivity index (χ1n) is 9.16. The van der Waals surface area contributed by atoms with Crippen LogP contribution in [0.25, 0.3) is 0 Å². The lowest BCUT2D eigenvalue weighted by molar-refractivity contribution is 0.0932. The molecule has 0 aromatic carbocycles. The third-order valence-corrected chi connectivity index (χ3v) is 6.62. The summed E-state index contributed by atoms with van der Waals surface area (Å²) in [4.78, 5) is 17.8. The Balaban J connectivity index is 1.28. The molecule has 7 heteroatoms. The molecule has 1 N–H and O–H groups in total. The van der Waals surface area contributed by atoms with E-state index in [9.17, 15) is 4.79 Å². The van der Waals surface area contributed by atoms with E-state index in [1.54, 1.807) is 0 Å². The zero-order valence-corrected chi connectivity index (χ0v) is 15.3. The summed E-state index contributed by atoms with van der Waals surface area (Å²) in [6, 6.07) is 4.81. The minimum atomic E-state index is -0.0522. The number of carbonyl (C=O) groups excluding carboxylic acids is 1. The maximum atomic E-state index is 12.4. The van der Waals surface area contributed by atoms with Crippen LogP contribution in [0.1, 0.15) is 39.0 Å². The summed E-state index contributed by atoms with van der Waals surface area (Å²) in [6.07, 6.45) is 3.12. The lowest BCUT2D eigenvalue weighted by atomic mass is 9.89. The molecule has 2 aliphatic heterocycles. The van der Waals surface area contributed by atoms with Gasteiger partial charge in [-0.15, -0.1) is 21.5 Å². The molecule has 0 bridgehead atoms. The largest absolute Gasteiger partial charge is 0.347 e. The molecule has 0 spiro atoms. The van der Waals surface area contributed by atoms with Gasteiger partial charge in [-0.2, -0.15) is 0 Å². The lowest BCUT2D eigenvalue weighted by Gasteiger charge is -2.25. The number of nitrogens with one attached hydrogen (secondary N) is 1. The summed E-state index contributed by atoms with van der Waals surface area (Å²) >= 11 is 1.89. The van der Waals surface area contributed by atoms with Crippen LogP contribution in [0.5, 0.6) is 0 Å². The fraction of sp³-hybridized carbons (Fsp3) is 0.611. The predicted molar refractivity (Wildman–Crippen MR) is 95.5 cm³/mol. The van der Waals surface area contributed by atoms with E-state index in [1.807, 2.05) is 11.3 Å². The first-order chi connectivity index (χ1) is 12.2. The highest BCUT2D eigenvalue weighted by atomic mass is 32.1. The second-order valence-corrected chi connectivity index (χ2v) is 9.10. The number of carbonyl (C=O) groups is 1. The number of likely N-dealkylation sites (tertiary alicyclic amines) is 1. The minimum Gasteiger partial charge on any atom is -0.347 e. The number of aromatic nitrogens is 3. The van der Waals surface area contributed by atoms with Crippen molar-refractivity contribution in [2.45, 2.75) is 45.3 Å². The number of fused-ring (bicyclic) bond motifs is 2. The van der Waals surface area contributed by atoms with Crippen molar-refractivity contribution in [3.05, 3.63) is 33.5 Å². The Morgan fingerprint density at radius 1 is 1.24 bits per heavy atom. The maximum absolute atomic E-state index is 12.4. The number of amides is 1. The van der Waals surface area contributed by atoms with Crippen molar-refractivity contribution in [2.24, 2.45) is 11.8 Å². The molecule has 0 radical (unpaired) electrons. The van der Waals surface area contributed by atoms with Gasteiger partial charge in [0.1, 0.15) is 5.82 Å². The highest BCUT2D eigenvalue weighted by Crippen LogP contribution is 2.34. The van der Waals surface area contributed by atoms with Crippen molar-refractivity contribution in [3.8, 4) is 0 Å². The normalized spacial score (nSPS) is 25.6. The molecule has 6 nitrogen and oxygen atoms in total. The fourth-order valence-electron chi connectivity index (χ4n) is 4.19. The molecule has 1 saturated heterocycles. The summed E-state index contributed by atoms with van der Waals surface area (Å²) < 4.78 is 2.07. The molecule has 2 atom stereocenters. The topological polar surface area (TPSA) is 63.1 Å². The minimum absolute atomic E-state index is 0.0522. The van der Waals surface area contributed by atoms with Crippen molar-refractivity contribution in [3.63, 3.8) is 0 Å². The lowest BCUT2D eigenvalue weighted by Crippen LogP contribution is -2.33. The van der Waals surface area contributed by atoms with E-state index in [0.717, 1.165) is 51.3 Å². The van der Waals surface area contributed by atoms with Crippen LogP contribution in [0.15, 0.2) is 12.1 Å². The van der Waals surface area contributed by atoms with Crippen LogP contribution in [0.4, 0.5) is 0 Å². The van der Waals surface area contributed by atoms with Crippen LogP contribution in [0, 0.1) is 18.8 Å². The maximum Gasteiger partial charge on any atom is 0.289 e. The number of aryl methyl sites for hydroxylation is 1.